The molecule has 8 heteroatoms. The fourth-order valence-electron chi connectivity index (χ4n) is 2.97. The van der Waals surface area contributed by atoms with Gasteiger partial charge >= 0.3 is 6.03 Å². The molecule has 0 radical (unpaired) electrons. The maximum atomic E-state index is 12.3. The van der Waals surface area contributed by atoms with E-state index in [1.54, 1.807) is 53.5 Å². The van der Waals surface area contributed by atoms with E-state index in [0.29, 0.717) is 23.1 Å². The van der Waals surface area contributed by atoms with Crippen molar-refractivity contribution in [2.75, 3.05) is 10.6 Å². The summed E-state index contributed by atoms with van der Waals surface area (Å²) in [6, 6.07) is 19.8. The van der Waals surface area contributed by atoms with Gasteiger partial charge in [-0.25, -0.2) is 9.48 Å². The summed E-state index contributed by atoms with van der Waals surface area (Å²) in [7, 11) is 0. The number of aromatic nitrogens is 4. The van der Waals surface area contributed by atoms with Gasteiger partial charge in [-0.3, -0.25) is 0 Å². The van der Waals surface area contributed by atoms with E-state index in [0.717, 1.165) is 5.69 Å². The molecule has 2 N–H and O–H groups in total. The molecule has 32 heavy (non-hydrogen) atoms. The monoisotopic (exact) mass is 428 g/mol. The lowest BCUT2D eigenvalue weighted by atomic mass is 9.87. The van der Waals surface area contributed by atoms with Crippen molar-refractivity contribution in [3.05, 3.63) is 84.7 Å². The summed E-state index contributed by atoms with van der Waals surface area (Å²) in [5.74, 6) is 1.54. The van der Waals surface area contributed by atoms with Gasteiger partial charge in [0.1, 0.15) is 5.75 Å². The number of carbonyl (C=O) groups is 1. The third kappa shape index (κ3) is 5.28. The molecule has 4 rings (SSSR count). The van der Waals surface area contributed by atoms with Crippen LogP contribution in [0.3, 0.4) is 0 Å². The van der Waals surface area contributed by atoms with Gasteiger partial charge in [0.05, 0.1) is 0 Å². The highest BCUT2D eigenvalue weighted by Crippen LogP contribution is 2.24. The van der Waals surface area contributed by atoms with Crippen molar-refractivity contribution in [2.45, 2.75) is 26.2 Å². The Hall–Kier alpha value is -4.20. The van der Waals surface area contributed by atoms with Gasteiger partial charge in [0.25, 0.3) is 0 Å². The SMILES string of the molecule is CC(C)(C)c1ccc(NC(=O)Nc2ccc(Oc3ccc(-n4cccn4)nn3)cc2)cc1. The van der Waals surface area contributed by atoms with Crippen LogP contribution < -0.4 is 15.4 Å². The van der Waals surface area contributed by atoms with Crippen molar-refractivity contribution in [3.8, 4) is 17.4 Å². The van der Waals surface area contributed by atoms with Gasteiger partial charge in [-0.2, -0.15) is 5.10 Å². The Morgan fingerprint density at radius 1 is 0.875 bits per heavy atom. The zero-order valence-electron chi connectivity index (χ0n) is 18.1. The summed E-state index contributed by atoms with van der Waals surface area (Å²) < 4.78 is 7.33. The minimum atomic E-state index is -0.317. The minimum absolute atomic E-state index is 0.0675. The van der Waals surface area contributed by atoms with Crippen LogP contribution in [-0.4, -0.2) is 26.0 Å². The molecule has 0 saturated heterocycles. The number of nitrogens with zero attached hydrogens (tertiary/aromatic N) is 4. The van der Waals surface area contributed by atoms with Gasteiger partial charge in [0.2, 0.25) is 5.88 Å². The van der Waals surface area contributed by atoms with Crippen LogP contribution in [0, 0.1) is 0 Å². The molecule has 0 saturated carbocycles. The number of rotatable bonds is 5. The maximum Gasteiger partial charge on any atom is 0.323 e. The Morgan fingerprint density at radius 2 is 1.53 bits per heavy atom. The van der Waals surface area contributed by atoms with E-state index in [1.165, 1.54) is 5.56 Å². The smallest absolute Gasteiger partial charge is 0.323 e. The van der Waals surface area contributed by atoms with Gasteiger partial charge in [0, 0.05) is 29.8 Å². The van der Waals surface area contributed by atoms with Crippen molar-refractivity contribution >= 4 is 17.4 Å². The molecular weight excluding hydrogens is 404 g/mol. The number of urea groups is 1. The molecule has 0 bridgehead atoms. The fourth-order valence-corrected chi connectivity index (χ4v) is 2.97. The standard InChI is InChI=1S/C24H24N6O2/c1-24(2,3)17-5-7-18(8-6-17)26-23(31)27-19-9-11-20(12-10-19)32-22-14-13-21(28-29-22)30-16-4-15-25-30/h4-16H,1-3H3,(H2,26,27,31). The maximum absolute atomic E-state index is 12.3. The van der Waals surface area contributed by atoms with E-state index < -0.39 is 0 Å². The number of hydrogen-bond acceptors (Lipinski definition) is 5. The van der Waals surface area contributed by atoms with Crippen molar-refractivity contribution in [3.63, 3.8) is 0 Å². The molecule has 0 aliphatic carbocycles. The number of ether oxygens (including phenoxy) is 1. The van der Waals surface area contributed by atoms with Crippen molar-refractivity contribution in [2.24, 2.45) is 0 Å². The summed E-state index contributed by atoms with van der Waals surface area (Å²) in [4.78, 5) is 12.3. The molecule has 2 aromatic heterocycles. The van der Waals surface area contributed by atoms with Gasteiger partial charge in [0.15, 0.2) is 5.82 Å². The molecule has 162 valence electrons. The molecular formula is C24H24N6O2. The molecule has 2 aromatic carbocycles. The molecule has 0 fully saturated rings. The third-order valence-corrected chi connectivity index (χ3v) is 4.71. The van der Waals surface area contributed by atoms with Crippen LogP contribution in [0.1, 0.15) is 26.3 Å². The summed E-state index contributed by atoms with van der Waals surface area (Å²) in [5, 5.41) is 17.9. The zero-order valence-corrected chi connectivity index (χ0v) is 18.1. The number of hydrogen-bond donors (Lipinski definition) is 2. The van der Waals surface area contributed by atoms with E-state index in [-0.39, 0.29) is 11.4 Å². The summed E-state index contributed by atoms with van der Waals surface area (Å²) in [5.41, 5.74) is 2.64. The molecule has 4 aromatic rings. The second-order valence-electron chi connectivity index (χ2n) is 8.21. The Morgan fingerprint density at radius 3 is 2.06 bits per heavy atom. The third-order valence-electron chi connectivity index (χ3n) is 4.71. The average Bonchev–Trinajstić information content (AvgIpc) is 3.30. The topological polar surface area (TPSA) is 94.0 Å². The number of anilines is 2. The van der Waals surface area contributed by atoms with Gasteiger partial charge in [-0.15, -0.1) is 10.2 Å². The summed E-state index contributed by atoms with van der Waals surface area (Å²) in [6.45, 7) is 6.45. The quantitative estimate of drug-likeness (QED) is 0.444. The molecule has 0 unspecified atom stereocenters. The highest BCUT2D eigenvalue weighted by Gasteiger charge is 2.13. The highest BCUT2D eigenvalue weighted by molar-refractivity contribution is 5.99. The molecule has 8 nitrogen and oxygen atoms in total. The average molecular weight is 428 g/mol. The van der Waals surface area contributed by atoms with Crippen LogP contribution in [-0.2, 0) is 5.41 Å². The predicted molar refractivity (Wildman–Crippen MR) is 123 cm³/mol. The first-order chi connectivity index (χ1) is 15.4. The Labute approximate surface area is 186 Å². The Bertz CT molecular complexity index is 1160. The fraction of sp³-hybridized carbons (Fsp3) is 0.167. The first-order valence-corrected chi connectivity index (χ1v) is 10.2. The molecule has 0 spiro atoms. The molecule has 0 atom stereocenters. The van der Waals surface area contributed by atoms with Crippen LogP contribution in [0.2, 0.25) is 0 Å². The van der Waals surface area contributed by atoms with Crippen LogP contribution in [0.15, 0.2) is 79.1 Å². The number of amides is 2. The lowest BCUT2D eigenvalue weighted by molar-refractivity contribution is 0.262. The Kier molecular flexibility index (Phi) is 5.85. The lowest BCUT2D eigenvalue weighted by Gasteiger charge is -2.19. The largest absolute Gasteiger partial charge is 0.438 e. The van der Waals surface area contributed by atoms with Gasteiger partial charge in [-0.05, 0) is 59.5 Å². The first-order valence-electron chi connectivity index (χ1n) is 10.2. The minimum Gasteiger partial charge on any atom is -0.438 e. The lowest BCUT2D eigenvalue weighted by Crippen LogP contribution is -2.19. The van der Waals surface area contributed by atoms with Crippen LogP contribution in [0.25, 0.3) is 5.82 Å². The predicted octanol–water partition coefficient (Wildman–Crippen LogP) is 5.40. The normalized spacial score (nSPS) is 11.1. The van der Waals surface area contributed by atoms with E-state index in [2.05, 4.69) is 46.7 Å². The van der Waals surface area contributed by atoms with Gasteiger partial charge in [-0.1, -0.05) is 32.9 Å². The van der Waals surface area contributed by atoms with E-state index >= 15 is 0 Å². The molecule has 0 aliphatic heterocycles. The van der Waals surface area contributed by atoms with Crippen molar-refractivity contribution in [1.29, 1.82) is 0 Å². The van der Waals surface area contributed by atoms with E-state index in [1.807, 2.05) is 30.3 Å². The van der Waals surface area contributed by atoms with Gasteiger partial charge < -0.3 is 15.4 Å². The summed E-state index contributed by atoms with van der Waals surface area (Å²) in [6.07, 6.45) is 3.46. The number of carbonyl (C=O) groups excluding carboxylic acids is 1. The van der Waals surface area contributed by atoms with E-state index in [4.69, 9.17) is 4.74 Å². The van der Waals surface area contributed by atoms with Crippen LogP contribution >= 0.6 is 0 Å². The van der Waals surface area contributed by atoms with E-state index in [9.17, 15) is 4.79 Å². The molecule has 2 heterocycles. The zero-order chi connectivity index (χ0) is 22.6. The van der Waals surface area contributed by atoms with Crippen molar-refractivity contribution < 1.29 is 9.53 Å². The van der Waals surface area contributed by atoms with Crippen LogP contribution in [0.4, 0.5) is 16.2 Å². The summed E-state index contributed by atoms with van der Waals surface area (Å²) >= 11 is 0. The van der Waals surface area contributed by atoms with Crippen LogP contribution in [0.5, 0.6) is 11.6 Å². The second-order valence-corrected chi connectivity index (χ2v) is 8.21. The second kappa shape index (κ2) is 8.89. The first kappa shape index (κ1) is 21.0. The molecule has 2 amide bonds. The number of nitrogens with one attached hydrogen (secondary N) is 2. The number of benzene rings is 2. The highest BCUT2D eigenvalue weighted by atomic mass is 16.5. The van der Waals surface area contributed by atoms with Crippen molar-refractivity contribution in [1.82, 2.24) is 20.0 Å². The Balaban J connectivity index is 1.32. The molecule has 0 aliphatic rings.